The monoisotopic (exact) mass is 167 g/mol. The van der Waals surface area contributed by atoms with Crippen molar-refractivity contribution < 1.29 is 4.74 Å². The number of anilines is 1. The lowest BCUT2D eigenvalue weighted by Gasteiger charge is -2.18. The number of H-pyrrole nitrogens is 1. The summed E-state index contributed by atoms with van der Waals surface area (Å²) in [5.41, 5.74) is 1.19. The van der Waals surface area contributed by atoms with E-state index in [1.165, 1.54) is 0 Å². The van der Waals surface area contributed by atoms with E-state index in [4.69, 9.17) is 4.74 Å². The van der Waals surface area contributed by atoms with Crippen molar-refractivity contribution in [1.29, 1.82) is 0 Å². The number of aromatic nitrogens is 2. The summed E-state index contributed by atoms with van der Waals surface area (Å²) in [6.07, 6.45) is 0. The Morgan fingerprint density at radius 1 is 1.58 bits per heavy atom. The van der Waals surface area contributed by atoms with E-state index < -0.39 is 0 Å². The van der Waals surface area contributed by atoms with Crippen LogP contribution in [0, 0.1) is 6.92 Å². The van der Waals surface area contributed by atoms with Gasteiger partial charge in [-0.25, -0.2) is 4.79 Å². The molecule has 5 heteroatoms. The number of ether oxygens (including phenoxy) is 1. The molecule has 0 atom stereocenters. The first-order chi connectivity index (χ1) is 5.77. The lowest BCUT2D eigenvalue weighted by atomic mass is 10.3. The number of nitrogens with zero attached hydrogens (tertiary/aromatic N) is 1. The van der Waals surface area contributed by atoms with E-state index in [1.807, 2.05) is 6.92 Å². The lowest BCUT2D eigenvalue weighted by molar-refractivity contribution is 0.308. The largest absolute Gasteiger partial charge is 0.474 e. The van der Waals surface area contributed by atoms with Gasteiger partial charge in [0.15, 0.2) is 0 Å². The topological polar surface area (TPSA) is 67.0 Å². The SMILES string of the molecule is Cc1[nH]c(=O)nc2c1NCCO2. The second-order valence-electron chi connectivity index (χ2n) is 2.62. The van der Waals surface area contributed by atoms with Gasteiger partial charge >= 0.3 is 5.69 Å². The van der Waals surface area contributed by atoms with Gasteiger partial charge in [0.05, 0.1) is 0 Å². The van der Waals surface area contributed by atoms with Crippen molar-refractivity contribution in [1.82, 2.24) is 9.97 Å². The molecular weight excluding hydrogens is 158 g/mol. The molecule has 2 N–H and O–H groups in total. The lowest BCUT2D eigenvalue weighted by Crippen LogP contribution is -2.24. The molecule has 2 rings (SSSR count). The molecule has 0 amide bonds. The van der Waals surface area contributed by atoms with E-state index in [0.717, 1.165) is 17.9 Å². The number of aromatic amines is 1. The Labute approximate surface area is 68.8 Å². The third-order valence-electron chi connectivity index (χ3n) is 1.73. The summed E-state index contributed by atoms with van der Waals surface area (Å²) in [5.74, 6) is 0.405. The van der Waals surface area contributed by atoms with Crippen molar-refractivity contribution in [2.24, 2.45) is 0 Å². The molecule has 1 aliphatic heterocycles. The smallest absolute Gasteiger partial charge is 0.348 e. The molecule has 0 spiro atoms. The summed E-state index contributed by atoms with van der Waals surface area (Å²) in [7, 11) is 0. The maximum Gasteiger partial charge on any atom is 0.348 e. The minimum Gasteiger partial charge on any atom is -0.474 e. The van der Waals surface area contributed by atoms with Gasteiger partial charge in [-0.05, 0) is 6.92 Å². The predicted molar refractivity (Wildman–Crippen MR) is 43.6 cm³/mol. The maximum absolute atomic E-state index is 10.9. The fraction of sp³-hybridized carbons (Fsp3) is 0.429. The van der Waals surface area contributed by atoms with Crippen molar-refractivity contribution in [3.05, 3.63) is 16.2 Å². The zero-order valence-electron chi connectivity index (χ0n) is 6.68. The van der Waals surface area contributed by atoms with Crippen LogP contribution in [0.25, 0.3) is 0 Å². The van der Waals surface area contributed by atoms with Gasteiger partial charge in [-0.3, -0.25) is 0 Å². The van der Waals surface area contributed by atoms with E-state index in [-0.39, 0.29) is 5.69 Å². The first-order valence-corrected chi connectivity index (χ1v) is 3.75. The molecule has 12 heavy (non-hydrogen) atoms. The van der Waals surface area contributed by atoms with Crippen molar-refractivity contribution in [2.75, 3.05) is 18.5 Å². The number of rotatable bonds is 0. The van der Waals surface area contributed by atoms with Gasteiger partial charge < -0.3 is 15.0 Å². The number of nitrogens with one attached hydrogen (secondary N) is 2. The molecular formula is C7H9N3O2. The van der Waals surface area contributed by atoms with Crippen LogP contribution in [0.5, 0.6) is 5.88 Å². The predicted octanol–water partition coefficient (Wildman–Crippen LogP) is -0.117. The zero-order valence-corrected chi connectivity index (χ0v) is 6.68. The number of aryl methyl sites for hydroxylation is 1. The number of hydrogen-bond donors (Lipinski definition) is 2. The van der Waals surface area contributed by atoms with Crippen molar-refractivity contribution in [2.45, 2.75) is 6.92 Å². The Morgan fingerprint density at radius 2 is 2.42 bits per heavy atom. The Hall–Kier alpha value is -1.52. The highest BCUT2D eigenvalue weighted by molar-refractivity contribution is 5.56. The fourth-order valence-electron chi connectivity index (χ4n) is 1.20. The average Bonchev–Trinajstić information content (AvgIpc) is 2.04. The molecule has 1 aliphatic rings. The molecule has 0 saturated heterocycles. The highest BCUT2D eigenvalue weighted by atomic mass is 16.5. The van der Waals surface area contributed by atoms with Crippen LogP contribution < -0.4 is 15.7 Å². The normalized spacial score (nSPS) is 14.4. The van der Waals surface area contributed by atoms with E-state index in [1.54, 1.807) is 0 Å². The van der Waals surface area contributed by atoms with Crippen LogP contribution in [-0.2, 0) is 0 Å². The third kappa shape index (κ3) is 1.03. The van der Waals surface area contributed by atoms with E-state index in [9.17, 15) is 4.79 Å². The van der Waals surface area contributed by atoms with Crippen LogP contribution in [0.4, 0.5) is 5.69 Å². The van der Waals surface area contributed by atoms with Gasteiger partial charge in [0, 0.05) is 12.2 Å². The second kappa shape index (κ2) is 2.51. The first kappa shape index (κ1) is 7.15. The minimum absolute atomic E-state index is 0.366. The molecule has 0 fully saturated rings. The Kier molecular flexibility index (Phi) is 1.49. The molecule has 0 saturated carbocycles. The van der Waals surface area contributed by atoms with Gasteiger partial charge in [0.1, 0.15) is 12.3 Å². The summed E-state index contributed by atoms with van der Waals surface area (Å²) in [5, 5.41) is 3.10. The van der Waals surface area contributed by atoms with Crippen molar-refractivity contribution >= 4 is 5.69 Å². The number of hydrogen-bond acceptors (Lipinski definition) is 4. The summed E-state index contributed by atoms with van der Waals surface area (Å²) in [4.78, 5) is 17.2. The van der Waals surface area contributed by atoms with E-state index >= 15 is 0 Å². The Balaban J connectivity index is 2.60. The first-order valence-electron chi connectivity index (χ1n) is 3.75. The molecule has 0 aromatic carbocycles. The highest BCUT2D eigenvalue weighted by Gasteiger charge is 2.13. The van der Waals surface area contributed by atoms with Crippen molar-refractivity contribution in [3.8, 4) is 5.88 Å². The standard InChI is InChI=1S/C7H9N3O2/c1-4-5-6(10-7(11)9-4)12-3-2-8-5/h8H,2-3H2,1H3,(H,9,10,11). The second-order valence-corrected chi connectivity index (χ2v) is 2.62. The van der Waals surface area contributed by atoms with Crippen LogP contribution >= 0.6 is 0 Å². The van der Waals surface area contributed by atoms with Crippen LogP contribution in [0.1, 0.15) is 5.69 Å². The summed E-state index contributed by atoms with van der Waals surface area (Å²) in [6.45, 7) is 3.12. The molecule has 5 nitrogen and oxygen atoms in total. The Morgan fingerprint density at radius 3 is 3.25 bits per heavy atom. The zero-order chi connectivity index (χ0) is 8.55. The van der Waals surface area contributed by atoms with Crippen molar-refractivity contribution in [3.63, 3.8) is 0 Å². The molecule has 0 aliphatic carbocycles. The minimum atomic E-state index is -0.366. The highest BCUT2D eigenvalue weighted by Crippen LogP contribution is 2.24. The van der Waals surface area contributed by atoms with Crippen LogP contribution in [0.3, 0.4) is 0 Å². The molecule has 2 heterocycles. The number of fused-ring (bicyclic) bond motifs is 1. The van der Waals surface area contributed by atoms with Crippen LogP contribution in [0.2, 0.25) is 0 Å². The van der Waals surface area contributed by atoms with Gasteiger partial charge in [0.2, 0.25) is 5.88 Å². The van der Waals surface area contributed by atoms with E-state index in [2.05, 4.69) is 15.3 Å². The molecule has 64 valence electrons. The molecule has 0 unspecified atom stereocenters. The molecule has 1 aromatic heterocycles. The summed E-state index contributed by atoms with van der Waals surface area (Å²) in [6, 6.07) is 0. The van der Waals surface area contributed by atoms with Crippen LogP contribution in [0.15, 0.2) is 4.79 Å². The van der Waals surface area contributed by atoms with Gasteiger partial charge in [-0.1, -0.05) is 0 Å². The fourth-order valence-corrected chi connectivity index (χ4v) is 1.20. The van der Waals surface area contributed by atoms with Gasteiger partial charge in [-0.2, -0.15) is 4.98 Å². The van der Waals surface area contributed by atoms with Gasteiger partial charge in [0.25, 0.3) is 0 Å². The summed E-state index contributed by atoms with van der Waals surface area (Å²) >= 11 is 0. The van der Waals surface area contributed by atoms with E-state index in [0.29, 0.717) is 12.5 Å². The third-order valence-corrected chi connectivity index (χ3v) is 1.73. The molecule has 0 radical (unpaired) electrons. The quantitative estimate of drug-likeness (QED) is 0.565. The maximum atomic E-state index is 10.9. The molecule has 0 bridgehead atoms. The Bertz CT molecular complexity index is 358. The van der Waals surface area contributed by atoms with Crippen LogP contribution in [-0.4, -0.2) is 23.1 Å². The average molecular weight is 167 g/mol. The molecule has 1 aromatic rings. The summed E-state index contributed by atoms with van der Waals surface area (Å²) < 4.78 is 5.19. The van der Waals surface area contributed by atoms with Gasteiger partial charge in [-0.15, -0.1) is 0 Å².